The molecule has 69 heavy (non-hydrogen) atoms. The molecule has 18 heteroatoms. The normalized spacial score (nSPS) is 15.4. The summed E-state index contributed by atoms with van der Waals surface area (Å²) in [6.07, 6.45) is -0.384. The summed E-state index contributed by atoms with van der Waals surface area (Å²) in [5.74, 6) is 1.39. The van der Waals surface area contributed by atoms with Crippen LogP contribution in [0.25, 0.3) is 0 Å². The van der Waals surface area contributed by atoms with E-state index < -0.39 is 37.3 Å². The highest BCUT2D eigenvalue weighted by Gasteiger charge is 2.44. The first-order valence-corrected chi connectivity index (χ1v) is 24.2. The predicted octanol–water partition coefficient (Wildman–Crippen LogP) is 12.3. The fourth-order valence-electron chi connectivity index (χ4n) is 8.15. The van der Waals surface area contributed by atoms with Gasteiger partial charge in [0.25, 0.3) is 14.2 Å². The average Bonchev–Trinajstić information content (AvgIpc) is 3.77. The number of nitro benzene ring substituents is 1. The van der Waals surface area contributed by atoms with Gasteiger partial charge in [0.1, 0.15) is 22.8 Å². The number of nitrogens with zero attached hydrogens (tertiary/aromatic N) is 7. The van der Waals surface area contributed by atoms with Crippen molar-refractivity contribution in [3.05, 3.63) is 153 Å². The molecule has 0 radical (unpaired) electrons. The molecule has 1 aliphatic rings. The van der Waals surface area contributed by atoms with Gasteiger partial charge in [0, 0.05) is 36.4 Å². The molecule has 0 aromatic heterocycles. The van der Waals surface area contributed by atoms with E-state index in [1.807, 2.05) is 103 Å². The molecule has 0 N–H and O–H groups in total. The second-order valence-corrected chi connectivity index (χ2v) is 18.4. The second kappa shape index (κ2) is 24.9. The van der Waals surface area contributed by atoms with E-state index in [2.05, 4.69) is 48.7 Å². The summed E-state index contributed by atoms with van der Waals surface area (Å²) < 4.78 is 39.9. The lowest BCUT2D eigenvalue weighted by atomic mass is 9.80. The molecule has 1 amide bonds. The molecule has 0 saturated carbocycles. The highest BCUT2D eigenvalue weighted by atomic mass is 35.5. The van der Waals surface area contributed by atoms with Crippen LogP contribution in [0.5, 0.6) is 11.5 Å². The number of hydrogen-bond donors (Lipinski definition) is 0. The molecule has 364 valence electrons. The lowest BCUT2D eigenvalue weighted by Crippen LogP contribution is -2.43. The molecule has 2 unspecified atom stereocenters. The van der Waals surface area contributed by atoms with Gasteiger partial charge in [-0.15, -0.1) is 5.11 Å². The van der Waals surface area contributed by atoms with Gasteiger partial charge in [-0.2, -0.15) is 10.4 Å². The van der Waals surface area contributed by atoms with E-state index >= 15 is 0 Å². The first-order chi connectivity index (χ1) is 33.3. The van der Waals surface area contributed by atoms with Crippen molar-refractivity contribution in [2.45, 2.75) is 77.3 Å². The van der Waals surface area contributed by atoms with Crippen LogP contribution in [0, 0.1) is 21.4 Å². The summed E-state index contributed by atoms with van der Waals surface area (Å²) in [5.41, 5.74) is 2.87. The Morgan fingerprint density at radius 3 is 2.04 bits per heavy atom. The van der Waals surface area contributed by atoms with Gasteiger partial charge in [0.05, 0.1) is 74.2 Å². The van der Waals surface area contributed by atoms with Crippen molar-refractivity contribution in [1.82, 2.24) is 9.57 Å². The van der Waals surface area contributed by atoms with Crippen molar-refractivity contribution in [3.8, 4) is 17.6 Å². The first-order valence-electron chi connectivity index (χ1n) is 22.7. The quantitative estimate of drug-likeness (QED) is 0.0115. The maximum Gasteiger partial charge on any atom is 0.411 e. The van der Waals surface area contributed by atoms with Gasteiger partial charge < -0.3 is 37.8 Å². The highest BCUT2D eigenvalue weighted by Crippen LogP contribution is 2.49. The number of ether oxygens (including phenoxy) is 4. The largest absolute Gasteiger partial charge is 0.497 e. The number of nitro groups is 1. The number of benzene rings is 5. The number of carbonyl (C=O) groups excluding carboxylic acids is 1. The Hall–Kier alpha value is -6.18. The fourth-order valence-corrected chi connectivity index (χ4v) is 10.1. The molecule has 1 aliphatic heterocycles. The maximum absolute atomic E-state index is 14.5. The van der Waals surface area contributed by atoms with E-state index in [-0.39, 0.29) is 55.7 Å². The maximum atomic E-state index is 14.5. The standard InChI is InChI=1S/C51H59ClN7O9P/c1-8-56(42-21-19-41(20-22-42)54-55-49-28-23-43(59(61)62)32-48(49)52)35-65-50(60)57-33-47(68-69(67-30-12-29-53)58(36(2)3)37(4)5)31-44(57)34-66-51(38-13-10-9-11-14-38,39-15-24-45(63-6)25-16-39)40-17-26-46(64-7)27-18-40/h9-11,13-28,32,36-37,44,47H,8,12,30-31,33-35H2,1-7H3/t44?,47-,69?/m1/s1. The van der Waals surface area contributed by atoms with Gasteiger partial charge in [0.2, 0.25) is 0 Å². The number of amides is 1. The molecule has 5 aromatic rings. The van der Waals surface area contributed by atoms with E-state index in [0.29, 0.717) is 35.8 Å². The van der Waals surface area contributed by atoms with Crippen LogP contribution in [0.15, 0.2) is 132 Å². The minimum Gasteiger partial charge on any atom is -0.497 e. The van der Waals surface area contributed by atoms with Gasteiger partial charge in [-0.05, 0) is 112 Å². The molecule has 0 spiro atoms. The van der Waals surface area contributed by atoms with Crippen LogP contribution in [0.3, 0.4) is 0 Å². The minimum atomic E-state index is -1.62. The predicted molar refractivity (Wildman–Crippen MR) is 267 cm³/mol. The number of hydrogen-bond acceptors (Lipinski definition) is 14. The Bertz CT molecular complexity index is 2460. The van der Waals surface area contributed by atoms with E-state index in [4.69, 9.17) is 39.6 Å². The van der Waals surface area contributed by atoms with Gasteiger partial charge in [0.15, 0.2) is 6.73 Å². The number of methoxy groups -OCH3 is 2. The Morgan fingerprint density at radius 2 is 1.51 bits per heavy atom. The SMILES string of the molecule is CCN(COC(=O)N1C[C@H](OP(OCCC#N)N(C(C)C)C(C)C)CC1COC(c1ccccc1)(c1ccc(OC)cc1)c1ccc(OC)cc1)c1ccc(N=Nc2ccc([N+](=O)[O-])cc2Cl)cc1. The number of likely N-dealkylation sites (tertiary alicyclic amines) is 1. The molecule has 16 nitrogen and oxygen atoms in total. The van der Waals surface area contributed by atoms with Crippen molar-refractivity contribution < 1.29 is 37.7 Å². The van der Waals surface area contributed by atoms with E-state index in [9.17, 15) is 20.2 Å². The van der Waals surface area contributed by atoms with Crippen molar-refractivity contribution in [2.24, 2.45) is 10.2 Å². The third-order valence-corrected chi connectivity index (χ3v) is 14.0. The lowest BCUT2D eigenvalue weighted by Gasteiger charge is -2.38. The van der Waals surface area contributed by atoms with E-state index in [1.165, 1.54) is 18.2 Å². The number of anilines is 1. The van der Waals surface area contributed by atoms with Crippen molar-refractivity contribution >= 4 is 49.0 Å². The Morgan fingerprint density at radius 1 is 0.899 bits per heavy atom. The van der Waals surface area contributed by atoms with Gasteiger partial charge in [-0.25, -0.2) is 9.46 Å². The Balaban J connectivity index is 1.29. The van der Waals surface area contributed by atoms with Crippen LogP contribution < -0.4 is 14.4 Å². The number of nitriles is 1. The zero-order chi connectivity index (χ0) is 49.5. The molecule has 5 aromatic carbocycles. The van der Waals surface area contributed by atoms with Crippen LogP contribution in [0.2, 0.25) is 5.02 Å². The number of azo groups is 1. The average molecular weight is 980 g/mol. The Kier molecular flexibility index (Phi) is 18.8. The number of halogens is 1. The summed E-state index contributed by atoms with van der Waals surface area (Å²) in [7, 11) is 1.63. The summed E-state index contributed by atoms with van der Waals surface area (Å²) >= 11 is 6.21. The van der Waals surface area contributed by atoms with Gasteiger partial charge in [-0.1, -0.05) is 66.2 Å². The van der Waals surface area contributed by atoms with E-state index in [1.54, 1.807) is 31.3 Å². The molecule has 1 saturated heterocycles. The molecule has 0 bridgehead atoms. The zero-order valence-electron chi connectivity index (χ0n) is 39.9. The number of non-ortho nitro benzene ring substituents is 1. The van der Waals surface area contributed by atoms with Crippen LogP contribution in [0.4, 0.5) is 27.5 Å². The summed E-state index contributed by atoms with van der Waals surface area (Å²) in [6.45, 7) is 11.2. The van der Waals surface area contributed by atoms with Gasteiger partial charge in [-0.3, -0.25) is 10.1 Å². The van der Waals surface area contributed by atoms with Gasteiger partial charge >= 0.3 is 6.09 Å². The topological polar surface area (TPSA) is 174 Å². The van der Waals surface area contributed by atoms with E-state index in [0.717, 1.165) is 22.4 Å². The van der Waals surface area contributed by atoms with Crippen molar-refractivity contribution in [2.75, 3.05) is 52.2 Å². The lowest BCUT2D eigenvalue weighted by molar-refractivity contribution is -0.384. The zero-order valence-corrected chi connectivity index (χ0v) is 41.6. The molecule has 1 heterocycles. The molecule has 6 rings (SSSR count). The molecular weight excluding hydrogens is 921 g/mol. The fraction of sp³-hybridized carbons (Fsp3) is 0.373. The highest BCUT2D eigenvalue weighted by molar-refractivity contribution is 7.44. The first kappa shape index (κ1) is 52.2. The molecule has 3 atom stereocenters. The third-order valence-electron chi connectivity index (χ3n) is 11.5. The number of carbonyl (C=O) groups is 1. The van der Waals surface area contributed by atoms with Crippen LogP contribution in [-0.4, -0.2) is 92.1 Å². The van der Waals surface area contributed by atoms with Crippen molar-refractivity contribution in [1.29, 1.82) is 5.26 Å². The summed E-state index contributed by atoms with van der Waals surface area (Å²) in [4.78, 5) is 28.7. The summed E-state index contributed by atoms with van der Waals surface area (Å²) in [5, 5.41) is 29.0. The van der Waals surface area contributed by atoms with Crippen molar-refractivity contribution in [3.63, 3.8) is 0 Å². The summed E-state index contributed by atoms with van der Waals surface area (Å²) in [6, 6.07) is 38.5. The molecule has 1 fully saturated rings. The second-order valence-electron chi connectivity index (χ2n) is 16.6. The molecular formula is C51H59ClN7O9P. The molecule has 0 aliphatic carbocycles. The minimum absolute atomic E-state index is 0.0612. The van der Waals surface area contributed by atoms with Crippen LogP contribution in [0.1, 0.15) is 64.2 Å². The third kappa shape index (κ3) is 13.1. The van der Waals surface area contributed by atoms with Crippen LogP contribution >= 0.6 is 20.1 Å². The monoisotopic (exact) mass is 979 g/mol. The van der Waals surface area contributed by atoms with Crippen LogP contribution in [-0.2, 0) is 24.1 Å². The number of rotatable bonds is 23. The smallest absolute Gasteiger partial charge is 0.411 e. The Labute approximate surface area is 410 Å².